The Bertz CT molecular complexity index is 371. The summed E-state index contributed by atoms with van der Waals surface area (Å²) in [6, 6.07) is 0. The van der Waals surface area contributed by atoms with Crippen LogP contribution in [0.15, 0.2) is 0 Å². The maximum atomic E-state index is 10.0. The van der Waals surface area contributed by atoms with Gasteiger partial charge in [-0.25, -0.2) is 0 Å². The molecule has 2 spiro atoms. The Balaban J connectivity index is 1.73. The third kappa shape index (κ3) is 2.19. The molecule has 0 aromatic rings. The average Bonchev–Trinajstić information content (AvgIpc) is 2.91. The van der Waals surface area contributed by atoms with Crippen LogP contribution in [-0.2, 0) is 18.9 Å². The van der Waals surface area contributed by atoms with Crippen LogP contribution < -0.4 is 0 Å². The van der Waals surface area contributed by atoms with Crippen molar-refractivity contribution < 1.29 is 49.6 Å². The first-order valence-corrected chi connectivity index (χ1v) is 6.96. The largest absolute Gasteiger partial charge is 0.394 e. The van der Waals surface area contributed by atoms with Gasteiger partial charge in [0.25, 0.3) is 0 Å². The van der Waals surface area contributed by atoms with Crippen LogP contribution in [-0.4, -0.2) is 105 Å². The molecule has 128 valence electrons. The van der Waals surface area contributed by atoms with Crippen molar-refractivity contribution in [1.29, 1.82) is 0 Å². The third-order valence-electron chi connectivity index (χ3n) is 4.41. The zero-order valence-corrected chi connectivity index (χ0v) is 11.6. The second kappa shape index (κ2) is 5.60. The molecule has 0 aromatic heterocycles. The van der Waals surface area contributed by atoms with E-state index in [0.29, 0.717) is 0 Å². The lowest BCUT2D eigenvalue weighted by Crippen LogP contribution is -2.62. The van der Waals surface area contributed by atoms with E-state index in [1.54, 1.807) is 0 Å². The molecule has 0 amide bonds. The van der Waals surface area contributed by atoms with Gasteiger partial charge in [0.1, 0.15) is 49.8 Å². The predicted molar refractivity (Wildman–Crippen MR) is 65.3 cm³/mol. The first-order chi connectivity index (χ1) is 10.4. The SMILES string of the molecule is OC[C@H]1O[C@]2(CO[C@]3(CO2)O[C@H](CO)C(O)C3O)C(O)C1O. The molecule has 0 aromatic carbocycles. The Morgan fingerprint density at radius 2 is 1.09 bits per heavy atom. The molecule has 0 saturated carbocycles. The van der Waals surface area contributed by atoms with Gasteiger partial charge in [-0.05, 0) is 0 Å². The highest BCUT2D eigenvalue weighted by atomic mass is 16.8. The monoisotopic (exact) mass is 324 g/mol. The second-order valence-electron chi connectivity index (χ2n) is 5.75. The Kier molecular flexibility index (Phi) is 4.19. The van der Waals surface area contributed by atoms with Crippen LogP contribution in [0.25, 0.3) is 0 Å². The van der Waals surface area contributed by atoms with Gasteiger partial charge >= 0.3 is 0 Å². The number of hydrogen-bond donors (Lipinski definition) is 6. The van der Waals surface area contributed by atoms with Crippen molar-refractivity contribution in [3.05, 3.63) is 0 Å². The van der Waals surface area contributed by atoms with Crippen molar-refractivity contribution in [1.82, 2.24) is 0 Å². The third-order valence-corrected chi connectivity index (χ3v) is 4.41. The van der Waals surface area contributed by atoms with E-state index < -0.39 is 74.6 Å². The Morgan fingerprint density at radius 1 is 0.727 bits per heavy atom. The van der Waals surface area contributed by atoms with Gasteiger partial charge in [0, 0.05) is 0 Å². The van der Waals surface area contributed by atoms with Gasteiger partial charge in [-0.15, -0.1) is 0 Å². The molecule has 3 heterocycles. The van der Waals surface area contributed by atoms with Crippen LogP contribution in [0.3, 0.4) is 0 Å². The van der Waals surface area contributed by atoms with Crippen molar-refractivity contribution in [2.45, 2.75) is 48.2 Å². The summed E-state index contributed by atoms with van der Waals surface area (Å²) in [5, 5.41) is 57.8. The van der Waals surface area contributed by atoms with E-state index in [-0.39, 0.29) is 0 Å². The van der Waals surface area contributed by atoms with Gasteiger partial charge in [-0.2, -0.15) is 0 Å². The summed E-state index contributed by atoms with van der Waals surface area (Å²) in [4.78, 5) is 0. The summed E-state index contributed by atoms with van der Waals surface area (Å²) in [6.45, 7) is -1.83. The summed E-state index contributed by atoms with van der Waals surface area (Å²) in [5.74, 6) is -3.38. The molecule has 8 atom stereocenters. The first kappa shape index (κ1) is 16.5. The van der Waals surface area contributed by atoms with Crippen molar-refractivity contribution in [2.75, 3.05) is 26.4 Å². The van der Waals surface area contributed by atoms with Crippen molar-refractivity contribution in [2.24, 2.45) is 0 Å². The maximum absolute atomic E-state index is 10.0. The van der Waals surface area contributed by atoms with Gasteiger partial charge in [-0.3, -0.25) is 0 Å². The van der Waals surface area contributed by atoms with E-state index in [1.807, 2.05) is 0 Å². The summed E-state index contributed by atoms with van der Waals surface area (Å²) in [7, 11) is 0. The lowest BCUT2D eigenvalue weighted by molar-refractivity contribution is -0.401. The fourth-order valence-electron chi connectivity index (χ4n) is 3.02. The molecule has 3 fully saturated rings. The van der Waals surface area contributed by atoms with Crippen LogP contribution in [0.5, 0.6) is 0 Å². The molecule has 3 aliphatic rings. The van der Waals surface area contributed by atoms with Crippen LogP contribution in [0.4, 0.5) is 0 Å². The lowest BCUT2D eigenvalue weighted by Gasteiger charge is -2.44. The summed E-state index contributed by atoms with van der Waals surface area (Å²) < 4.78 is 21.6. The van der Waals surface area contributed by atoms with Crippen LogP contribution in [0.2, 0.25) is 0 Å². The normalized spacial score (nSPS) is 55.4. The molecule has 0 aliphatic carbocycles. The van der Waals surface area contributed by atoms with Crippen LogP contribution in [0.1, 0.15) is 0 Å². The minimum atomic E-state index is -1.69. The molecule has 3 saturated heterocycles. The van der Waals surface area contributed by atoms with Crippen molar-refractivity contribution in [3.8, 4) is 0 Å². The molecule has 6 N–H and O–H groups in total. The van der Waals surface area contributed by atoms with E-state index in [2.05, 4.69) is 0 Å². The Morgan fingerprint density at radius 3 is 1.32 bits per heavy atom. The smallest absolute Gasteiger partial charge is 0.222 e. The fourth-order valence-corrected chi connectivity index (χ4v) is 3.02. The Hall–Kier alpha value is -0.400. The van der Waals surface area contributed by atoms with E-state index >= 15 is 0 Å². The minimum Gasteiger partial charge on any atom is -0.394 e. The number of ether oxygens (including phenoxy) is 4. The molecule has 3 rings (SSSR count). The van der Waals surface area contributed by atoms with Crippen molar-refractivity contribution in [3.63, 3.8) is 0 Å². The van der Waals surface area contributed by atoms with E-state index in [1.165, 1.54) is 0 Å². The summed E-state index contributed by atoms with van der Waals surface area (Å²) in [5.41, 5.74) is 0. The van der Waals surface area contributed by atoms with Gasteiger partial charge in [0.2, 0.25) is 11.6 Å². The molecule has 0 bridgehead atoms. The molecular formula is C12H20O10. The zero-order valence-electron chi connectivity index (χ0n) is 11.6. The molecule has 0 radical (unpaired) electrons. The van der Waals surface area contributed by atoms with Crippen LogP contribution >= 0.6 is 0 Å². The van der Waals surface area contributed by atoms with Crippen molar-refractivity contribution >= 4 is 0 Å². The molecule has 10 nitrogen and oxygen atoms in total. The maximum Gasteiger partial charge on any atom is 0.222 e. The van der Waals surface area contributed by atoms with E-state index in [4.69, 9.17) is 29.2 Å². The topological polar surface area (TPSA) is 158 Å². The van der Waals surface area contributed by atoms with Crippen LogP contribution in [0, 0.1) is 0 Å². The molecule has 22 heavy (non-hydrogen) atoms. The van der Waals surface area contributed by atoms with E-state index in [0.717, 1.165) is 0 Å². The van der Waals surface area contributed by atoms with Gasteiger partial charge in [-0.1, -0.05) is 0 Å². The van der Waals surface area contributed by atoms with E-state index in [9.17, 15) is 20.4 Å². The highest BCUT2D eigenvalue weighted by molar-refractivity contribution is 5.03. The zero-order chi connectivity index (χ0) is 16.1. The van der Waals surface area contributed by atoms with Gasteiger partial charge in [0.05, 0.1) is 13.2 Å². The highest BCUT2D eigenvalue weighted by Crippen LogP contribution is 2.42. The lowest BCUT2D eigenvalue weighted by atomic mass is 10.0. The first-order valence-electron chi connectivity index (χ1n) is 6.96. The standard InChI is InChI=1S/C12H20O10/c13-1-5-7(15)9(17)11(21-5)3-20-12(4-19-11)10(18)8(16)6(2-14)22-12/h5-10,13-18H,1-4H2/t5-,6-,7?,8?,9?,10?,11-,12-/m1/s1. The molecule has 10 heteroatoms. The number of aliphatic hydroxyl groups excluding tert-OH is 6. The summed E-state index contributed by atoms with van der Waals surface area (Å²) >= 11 is 0. The molecule has 4 unspecified atom stereocenters. The second-order valence-corrected chi connectivity index (χ2v) is 5.75. The fraction of sp³-hybridized carbons (Fsp3) is 1.00. The number of rotatable bonds is 2. The average molecular weight is 324 g/mol. The van der Waals surface area contributed by atoms with Gasteiger partial charge in [0.15, 0.2) is 0 Å². The summed E-state index contributed by atoms with van der Waals surface area (Å²) in [6.07, 6.45) is -7.69. The Labute approximate surface area is 125 Å². The number of aliphatic hydroxyl groups is 6. The molecule has 3 aliphatic heterocycles. The minimum absolute atomic E-state index is 0.399. The van der Waals surface area contributed by atoms with Gasteiger partial charge < -0.3 is 49.6 Å². The number of hydrogen-bond acceptors (Lipinski definition) is 10. The molecular weight excluding hydrogens is 304 g/mol. The predicted octanol–water partition coefficient (Wildman–Crippen LogP) is -4.35. The highest BCUT2D eigenvalue weighted by Gasteiger charge is 2.64. The quantitative estimate of drug-likeness (QED) is 0.293.